The molecule has 2 fully saturated rings. The highest BCUT2D eigenvalue weighted by Gasteiger charge is 2.46. The van der Waals surface area contributed by atoms with Gasteiger partial charge in [-0.05, 0) is 66.2 Å². The van der Waals surface area contributed by atoms with Crippen LogP contribution in [-0.4, -0.2) is 41.8 Å². The maximum Gasteiger partial charge on any atom is 0.408 e. The fourth-order valence-electron chi connectivity index (χ4n) is 5.63. The number of hydrogen-bond donors (Lipinski definition) is 3. The highest BCUT2D eigenvalue weighted by atomic mass is 16.5. The average Bonchev–Trinajstić information content (AvgIpc) is 3.09. The molecule has 0 bridgehead atoms. The average molecular weight is 463 g/mol. The molecule has 3 aliphatic carbocycles. The number of ether oxygens (including phenoxy) is 1. The first-order valence-electron chi connectivity index (χ1n) is 12.1. The van der Waals surface area contributed by atoms with E-state index in [0.29, 0.717) is 25.3 Å². The number of rotatable bonds is 8. The van der Waals surface area contributed by atoms with Crippen LogP contribution in [0.4, 0.5) is 4.79 Å². The smallest absolute Gasteiger partial charge is 0.408 e. The summed E-state index contributed by atoms with van der Waals surface area (Å²) >= 11 is 0. The van der Waals surface area contributed by atoms with E-state index in [1.54, 1.807) is 0 Å². The van der Waals surface area contributed by atoms with E-state index in [-0.39, 0.29) is 30.8 Å². The fourth-order valence-corrected chi connectivity index (χ4v) is 5.63. The number of aliphatic carboxylic acids is 1. The Labute approximate surface area is 198 Å². The molecule has 0 unspecified atom stereocenters. The lowest BCUT2D eigenvalue weighted by molar-refractivity contribution is -0.139. The molecule has 3 aliphatic rings. The lowest BCUT2D eigenvalue weighted by atomic mass is 9.72. The zero-order valence-electron chi connectivity index (χ0n) is 19.1. The lowest BCUT2D eigenvalue weighted by Crippen LogP contribution is -2.63. The maximum absolute atomic E-state index is 12.9. The third-order valence-electron chi connectivity index (χ3n) is 7.67. The van der Waals surface area contributed by atoms with E-state index in [4.69, 9.17) is 9.84 Å². The van der Waals surface area contributed by atoms with Crippen LogP contribution in [-0.2, 0) is 14.3 Å². The van der Waals surface area contributed by atoms with Gasteiger partial charge in [0.2, 0.25) is 5.91 Å². The van der Waals surface area contributed by atoms with Crippen molar-refractivity contribution in [3.63, 3.8) is 0 Å². The van der Waals surface area contributed by atoms with E-state index in [9.17, 15) is 14.4 Å². The quantitative estimate of drug-likeness (QED) is 0.549. The minimum atomic E-state index is -0.910. The Morgan fingerprint density at radius 2 is 1.56 bits per heavy atom. The summed E-state index contributed by atoms with van der Waals surface area (Å²) in [5.74, 6) is -0.459. The third-order valence-corrected chi connectivity index (χ3v) is 7.67. The Balaban J connectivity index is 1.14. The monoisotopic (exact) mass is 462 g/mol. The summed E-state index contributed by atoms with van der Waals surface area (Å²) in [4.78, 5) is 36.4. The van der Waals surface area contributed by atoms with Gasteiger partial charge in [-0.25, -0.2) is 4.79 Å². The van der Waals surface area contributed by atoms with Crippen molar-refractivity contribution in [3.05, 3.63) is 59.7 Å². The van der Waals surface area contributed by atoms with E-state index in [1.807, 2.05) is 24.3 Å². The van der Waals surface area contributed by atoms with Gasteiger partial charge in [0.1, 0.15) is 12.1 Å². The van der Waals surface area contributed by atoms with Crippen molar-refractivity contribution >= 4 is 18.0 Å². The summed E-state index contributed by atoms with van der Waals surface area (Å²) < 4.78 is 5.64. The second-order valence-electron chi connectivity index (χ2n) is 9.90. The largest absolute Gasteiger partial charge is 0.481 e. The summed E-state index contributed by atoms with van der Waals surface area (Å²) in [5.41, 5.74) is 3.72. The SMILES string of the molecule is O=C(O)CC1CC(CNC(=O)C2(NC(=O)OCC3c4ccccc4-c4ccccc43)CCC2)C1. The third kappa shape index (κ3) is 4.27. The molecule has 7 nitrogen and oxygen atoms in total. The van der Waals surface area contributed by atoms with Crippen molar-refractivity contribution in [2.24, 2.45) is 11.8 Å². The molecule has 0 radical (unpaired) electrons. The number of fused-ring (bicyclic) bond motifs is 3. The summed E-state index contributed by atoms with van der Waals surface area (Å²) in [6, 6.07) is 16.4. The maximum atomic E-state index is 12.9. The molecule has 2 saturated carbocycles. The Morgan fingerprint density at radius 3 is 2.12 bits per heavy atom. The number of benzene rings is 2. The molecule has 0 spiro atoms. The van der Waals surface area contributed by atoms with Gasteiger partial charge in [-0.2, -0.15) is 0 Å². The minimum absolute atomic E-state index is 0.0262. The first-order chi connectivity index (χ1) is 16.4. The molecule has 2 aromatic carbocycles. The summed E-state index contributed by atoms with van der Waals surface area (Å²) in [5, 5.41) is 14.7. The number of amides is 2. The van der Waals surface area contributed by atoms with E-state index in [0.717, 1.165) is 30.4 Å². The molecule has 0 heterocycles. The number of nitrogens with one attached hydrogen (secondary N) is 2. The van der Waals surface area contributed by atoms with Crippen LogP contribution in [0.2, 0.25) is 0 Å². The molecule has 3 N–H and O–H groups in total. The molecule has 0 aliphatic heterocycles. The van der Waals surface area contributed by atoms with Crippen LogP contribution in [0.15, 0.2) is 48.5 Å². The number of carboxylic acids is 1. The van der Waals surface area contributed by atoms with Gasteiger partial charge in [0, 0.05) is 18.9 Å². The molecule has 7 heteroatoms. The van der Waals surface area contributed by atoms with Crippen LogP contribution >= 0.6 is 0 Å². The highest BCUT2D eigenvalue weighted by molar-refractivity contribution is 5.91. The van der Waals surface area contributed by atoms with Crippen LogP contribution in [0.25, 0.3) is 11.1 Å². The Morgan fingerprint density at radius 1 is 0.941 bits per heavy atom. The predicted octanol–water partition coefficient (Wildman–Crippen LogP) is 4.06. The van der Waals surface area contributed by atoms with Crippen molar-refractivity contribution in [3.8, 4) is 11.1 Å². The number of carbonyl (C=O) groups excluding carboxylic acids is 2. The minimum Gasteiger partial charge on any atom is -0.481 e. The Kier molecular flexibility index (Phi) is 6.02. The molecular formula is C27H30N2O5. The molecule has 2 amide bonds. The Bertz CT molecular complexity index is 1060. The van der Waals surface area contributed by atoms with Crippen molar-refractivity contribution < 1.29 is 24.2 Å². The summed E-state index contributed by atoms with van der Waals surface area (Å²) in [7, 11) is 0. The van der Waals surface area contributed by atoms with Gasteiger partial charge in [0.15, 0.2) is 0 Å². The fraction of sp³-hybridized carbons (Fsp3) is 0.444. The highest BCUT2D eigenvalue weighted by Crippen LogP contribution is 2.44. The van der Waals surface area contributed by atoms with E-state index in [1.165, 1.54) is 11.1 Å². The molecular weight excluding hydrogens is 432 g/mol. The first-order valence-corrected chi connectivity index (χ1v) is 12.1. The van der Waals surface area contributed by atoms with E-state index in [2.05, 4.69) is 34.9 Å². The predicted molar refractivity (Wildman–Crippen MR) is 126 cm³/mol. The van der Waals surface area contributed by atoms with Crippen LogP contribution in [0.5, 0.6) is 0 Å². The zero-order chi connectivity index (χ0) is 23.7. The molecule has 178 valence electrons. The molecule has 0 aromatic heterocycles. The second kappa shape index (κ2) is 9.12. The lowest BCUT2D eigenvalue weighted by Gasteiger charge is -2.41. The van der Waals surface area contributed by atoms with Crippen molar-refractivity contribution in [2.75, 3.05) is 13.2 Å². The summed E-state index contributed by atoms with van der Waals surface area (Å²) in [6.07, 6.45) is 3.32. The molecule has 2 aromatic rings. The molecule has 34 heavy (non-hydrogen) atoms. The standard InChI is InChI=1S/C27H30N2O5/c30-24(31)14-17-12-18(13-17)15-28-25(32)27(10-5-11-27)29-26(33)34-16-23-21-8-3-1-6-19(21)20-7-2-4-9-22(20)23/h1-4,6-9,17-18,23H,5,10-16H2,(H,28,32)(H,29,33)(H,30,31). The van der Waals surface area contributed by atoms with Crippen LogP contribution in [0.3, 0.4) is 0 Å². The first kappa shape index (κ1) is 22.4. The number of alkyl carbamates (subject to hydrolysis) is 1. The normalized spacial score (nSPS) is 21.9. The van der Waals surface area contributed by atoms with Gasteiger partial charge in [-0.3, -0.25) is 9.59 Å². The second-order valence-corrected chi connectivity index (χ2v) is 9.90. The van der Waals surface area contributed by atoms with Crippen molar-refractivity contribution in [1.82, 2.24) is 10.6 Å². The number of hydrogen-bond acceptors (Lipinski definition) is 4. The van der Waals surface area contributed by atoms with Gasteiger partial charge in [-0.1, -0.05) is 48.5 Å². The van der Waals surface area contributed by atoms with Gasteiger partial charge in [-0.15, -0.1) is 0 Å². The van der Waals surface area contributed by atoms with Gasteiger partial charge >= 0.3 is 12.1 Å². The zero-order valence-corrected chi connectivity index (χ0v) is 19.1. The van der Waals surface area contributed by atoms with Gasteiger partial charge < -0.3 is 20.5 Å². The van der Waals surface area contributed by atoms with Gasteiger partial charge in [0.05, 0.1) is 0 Å². The number of carbonyl (C=O) groups is 3. The number of carboxylic acid groups (broad SMARTS) is 1. The Hall–Kier alpha value is -3.35. The van der Waals surface area contributed by atoms with Gasteiger partial charge in [0.25, 0.3) is 0 Å². The van der Waals surface area contributed by atoms with Crippen molar-refractivity contribution in [1.29, 1.82) is 0 Å². The van der Waals surface area contributed by atoms with E-state index >= 15 is 0 Å². The van der Waals surface area contributed by atoms with E-state index < -0.39 is 17.6 Å². The van der Waals surface area contributed by atoms with Crippen LogP contribution in [0, 0.1) is 11.8 Å². The molecule has 5 rings (SSSR count). The summed E-state index contributed by atoms with van der Waals surface area (Å²) in [6.45, 7) is 0.730. The van der Waals surface area contributed by atoms with Crippen LogP contribution < -0.4 is 10.6 Å². The van der Waals surface area contributed by atoms with Crippen molar-refractivity contribution in [2.45, 2.75) is 50.0 Å². The molecule has 0 saturated heterocycles. The topological polar surface area (TPSA) is 105 Å². The molecule has 0 atom stereocenters. The van der Waals surface area contributed by atoms with Crippen LogP contribution in [0.1, 0.15) is 55.6 Å².